The van der Waals surface area contributed by atoms with Crippen LogP contribution in [0.4, 0.5) is 24.5 Å². The molecule has 4 aromatic rings. The van der Waals surface area contributed by atoms with Crippen LogP contribution in [-0.4, -0.2) is 29.3 Å². The Kier molecular flexibility index (Phi) is 6.39. The molecule has 10 heteroatoms. The number of rotatable bonds is 4. The molecule has 188 valence electrons. The van der Waals surface area contributed by atoms with Crippen molar-refractivity contribution in [2.45, 2.75) is 12.8 Å². The van der Waals surface area contributed by atoms with Gasteiger partial charge >= 0.3 is 6.36 Å². The lowest BCUT2D eigenvalue weighted by Gasteiger charge is -2.23. The zero-order chi connectivity index (χ0) is 26.2. The first kappa shape index (κ1) is 24.5. The molecule has 2 heterocycles. The minimum atomic E-state index is -4.95. The summed E-state index contributed by atoms with van der Waals surface area (Å²) in [5.74, 6) is -1.76. The SMILES string of the molecule is O=C(Nc1ccc(C(=O)N2CCc3cccn3-c3ccccc32)c(Cl)c1)c1ccccc1OC(F)(F)F. The number of nitrogens with zero attached hydrogens (tertiary/aromatic N) is 2. The van der Waals surface area contributed by atoms with E-state index in [1.54, 1.807) is 4.90 Å². The van der Waals surface area contributed by atoms with E-state index in [4.69, 9.17) is 11.6 Å². The molecule has 5 rings (SSSR count). The number of hydrogen-bond acceptors (Lipinski definition) is 3. The Morgan fingerprint density at radius 1 is 0.892 bits per heavy atom. The van der Waals surface area contributed by atoms with Crippen molar-refractivity contribution in [2.75, 3.05) is 16.8 Å². The highest BCUT2D eigenvalue weighted by atomic mass is 35.5. The molecule has 0 unspecified atom stereocenters. The lowest BCUT2D eigenvalue weighted by atomic mass is 10.1. The number of fused-ring (bicyclic) bond motifs is 3. The molecular weight excluding hydrogens is 507 g/mol. The third-order valence-corrected chi connectivity index (χ3v) is 6.23. The van der Waals surface area contributed by atoms with Crippen molar-refractivity contribution in [1.82, 2.24) is 4.57 Å². The summed E-state index contributed by atoms with van der Waals surface area (Å²) >= 11 is 6.45. The molecule has 0 saturated heterocycles. The maximum absolute atomic E-state index is 13.6. The molecule has 1 aliphatic heterocycles. The summed E-state index contributed by atoms with van der Waals surface area (Å²) in [6.07, 6.45) is -2.36. The first-order valence-electron chi connectivity index (χ1n) is 11.2. The highest BCUT2D eigenvalue weighted by molar-refractivity contribution is 6.35. The molecule has 3 aromatic carbocycles. The molecule has 6 nitrogen and oxygen atoms in total. The minimum Gasteiger partial charge on any atom is -0.405 e. The highest BCUT2D eigenvalue weighted by Gasteiger charge is 2.33. The number of anilines is 2. The first-order valence-corrected chi connectivity index (χ1v) is 11.6. The maximum atomic E-state index is 13.6. The molecule has 0 atom stereocenters. The van der Waals surface area contributed by atoms with Gasteiger partial charge in [-0.15, -0.1) is 13.2 Å². The molecule has 2 amide bonds. The van der Waals surface area contributed by atoms with Crippen LogP contribution in [0.15, 0.2) is 85.1 Å². The normalized spacial score (nSPS) is 12.8. The second kappa shape index (κ2) is 9.67. The van der Waals surface area contributed by atoms with Gasteiger partial charge in [-0.3, -0.25) is 9.59 Å². The van der Waals surface area contributed by atoms with Crippen molar-refractivity contribution in [3.8, 4) is 11.4 Å². The average Bonchev–Trinajstić information content (AvgIpc) is 3.26. The monoisotopic (exact) mass is 525 g/mol. The fourth-order valence-electron chi connectivity index (χ4n) is 4.29. The number of carbonyl (C=O) groups excluding carboxylic acids is 2. The number of amides is 2. The highest BCUT2D eigenvalue weighted by Crippen LogP contribution is 2.33. The van der Waals surface area contributed by atoms with Crippen LogP contribution >= 0.6 is 11.6 Å². The van der Waals surface area contributed by atoms with Gasteiger partial charge in [-0.25, -0.2) is 0 Å². The van der Waals surface area contributed by atoms with Crippen LogP contribution in [0.5, 0.6) is 5.75 Å². The Morgan fingerprint density at radius 2 is 1.62 bits per heavy atom. The summed E-state index contributed by atoms with van der Waals surface area (Å²) in [6, 6.07) is 20.9. The number of carbonyl (C=O) groups is 2. The number of nitrogens with one attached hydrogen (secondary N) is 1. The molecule has 0 fully saturated rings. The van der Waals surface area contributed by atoms with E-state index >= 15 is 0 Å². The predicted molar refractivity (Wildman–Crippen MR) is 134 cm³/mol. The van der Waals surface area contributed by atoms with Crippen molar-refractivity contribution in [3.63, 3.8) is 0 Å². The molecule has 1 aliphatic rings. The van der Waals surface area contributed by atoms with Crippen LogP contribution in [0.3, 0.4) is 0 Å². The van der Waals surface area contributed by atoms with Gasteiger partial charge in [0.25, 0.3) is 11.8 Å². The van der Waals surface area contributed by atoms with E-state index in [-0.39, 0.29) is 27.7 Å². The van der Waals surface area contributed by atoms with E-state index in [1.165, 1.54) is 36.4 Å². The van der Waals surface area contributed by atoms with Crippen molar-refractivity contribution in [2.24, 2.45) is 0 Å². The Hall–Kier alpha value is -4.24. The van der Waals surface area contributed by atoms with E-state index in [0.717, 1.165) is 23.1 Å². The molecule has 1 aromatic heterocycles. The zero-order valence-electron chi connectivity index (χ0n) is 19.1. The molecule has 37 heavy (non-hydrogen) atoms. The van der Waals surface area contributed by atoms with E-state index in [1.807, 2.05) is 47.2 Å². The first-order chi connectivity index (χ1) is 17.7. The largest absolute Gasteiger partial charge is 0.573 e. The quantitative estimate of drug-likeness (QED) is 0.331. The van der Waals surface area contributed by atoms with E-state index in [9.17, 15) is 22.8 Å². The summed E-state index contributed by atoms with van der Waals surface area (Å²) in [7, 11) is 0. The Morgan fingerprint density at radius 3 is 2.38 bits per heavy atom. The topological polar surface area (TPSA) is 63.6 Å². The summed E-state index contributed by atoms with van der Waals surface area (Å²) < 4.78 is 44.1. The van der Waals surface area contributed by atoms with Gasteiger partial charge in [0.1, 0.15) is 5.75 Å². The Labute approximate surface area is 214 Å². The summed E-state index contributed by atoms with van der Waals surface area (Å²) in [4.78, 5) is 27.9. The standard InChI is InChI=1S/C27H19ClF3N3O3/c28-21-16-17(32-25(35)20-7-1-4-10-24(20)37-27(29,30)31)11-12-19(21)26(36)34-15-13-18-6-5-14-33(18)22-8-2-3-9-23(22)34/h1-12,14,16H,13,15H2,(H,32,35). The summed E-state index contributed by atoms with van der Waals surface area (Å²) in [5, 5.41) is 2.59. The van der Waals surface area contributed by atoms with Gasteiger partial charge in [0.05, 0.1) is 27.5 Å². The Balaban J connectivity index is 1.39. The van der Waals surface area contributed by atoms with Gasteiger partial charge in [-0.1, -0.05) is 35.9 Å². The van der Waals surface area contributed by atoms with Gasteiger partial charge < -0.3 is 19.5 Å². The predicted octanol–water partition coefficient (Wildman–Crippen LogP) is 6.48. The van der Waals surface area contributed by atoms with E-state index in [0.29, 0.717) is 13.0 Å². The van der Waals surface area contributed by atoms with E-state index in [2.05, 4.69) is 10.1 Å². The van der Waals surface area contributed by atoms with Crippen LogP contribution in [-0.2, 0) is 6.42 Å². The number of benzene rings is 3. The zero-order valence-corrected chi connectivity index (χ0v) is 19.9. The average molecular weight is 526 g/mol. The second-order valence-electron chi connectivity index (χ2n) is 8.26. The number of halogens is 4. The molecule has 1 N–H and O–H groups in total. The molecule has 0 aliphatic carbocycles. The van der Waals surface area contributed by atoms with Crippen LogP contribution in [0, 0.1) is 0 Å². The number of alkyl halides is 3. The fraction of sp³-hybridized carbons (Fsp3) is 0.111. The van der Waals surface area contributed by atoms with Crippen molar-refractivity contribution in [1.29, 1.82) is 0 Å². The van der Waals surface area contributed by atoms with Crippen molar-refractivity contribution in [3.05, 3.63) is 107 Å². The number of para-hydroxylation sites is 3. The van der Waals surface area contributed by atoms with Crippen LogP contribution in [0.2, 0.25) is 5.02 Å². The summed E-state index contributed by atoms with van der Waals surface area (Å²) in [5.41, 5.74) is 2.80. The van der Waals surface area contributed by atoms with Gasteiger partial charge in [0, 0.05) is 30.5 Å². The second-order valence-corrected chi connectivity index (χ2v) is 8.66. The van der Waals surface area contributed by atoms with Gasteiger partial charge in [0.2, 0.25) is 0 Å². The van der Waals surface area contributed by atoms with Gasteiger partial charge in [0.15, 0.2) is 0 Å². The lowest BCUT2D eigenvalue weighted by Crippen LogP contribution is -2.32. The van der Waals surface area contributed by atoms with Crippen molar-refractivity contribution < 1.29 is 27.5 Å². The fourth-order valence-corrected chi connectivity index (χ4v) is 4.55. The maximum Gasteiger partial charge on any atom is 0.573 e. The third kappa shape index (κ3) is 5.03. The molecule has 0 saturated carbocycles. The molecule has 0 bridgehead atoms. The number of ether oxygens (including phenoxy) is 1. The summed E-state index contributed by atoms with van der Waals surface area (Å²) in [6.45, 7) is 0.435. The smallest absolute Gasteiger partial charge is 0.405 e. The Bertz CT molecular complexity index is 1500. The molecule has 0 spiro atoms. The third-order valence-electron chi connectivity index (χ3n) is 5.92. The van der Waals surface area contributed by atoms with Gasteiger partial charge in [-0.2, -0.15) is 0 Å². The van der Waals surface area contributed by atoms with Crippen LogP contribution in [0.25, 0.3) is 5.69 Å². The number of aromatic nitrogens is 1. The lowest BCUT2D eigenvalue weighted by molar-refractivity contribution is -0.274. The minimum absolute atomic E-state index is 0.0870. The van der Waals surface area contributed by atoms with Crippen LogP contribution < -0.4 is 15.0 Å². The van der Waals surface area contributed by atoms with E-state index < -0.39 is 18.0 Å². The van der Waals surface area contributed by atoms with Gasteiger partial charge in [-0.05, 0) is 54.6 Å². The number of hydrogen-bond donors (Lipinski definition) is 1. The van der Waals surface area contributed by atoms with Crippen LogP contribution in [0.1, 0.15) is 26.4 Å². The molecular formula is C27H19ClF3N3O3. The molecule has 0 radical (unpaired) electrons. The van der Waals surface area contributed by atoms with Crippen molar-refractivity contribution >= 4 is 34.8 Å².